The number of thiophene rings is 1. The lowest BCUT2D eigenvalue weighted by Crippen LogP contribution is -1.98. The second-order valence-corrected chi connectivity index (χ2v) is 9.53. The number of hydrogen-bond acceptors (Lipinski definition) is 1. The summed E-state index contributed by atoms with van der Waals surface area (Å²) in [7, 11) is 0. The van der Waals surface area contributed by atoms with Gasteiger partial charge in [-0.1, -0.05) is 97.1 Å². The molecule has 0 atom stereocenters. The highest BCUT2D eigenvalue weighted by molar-refractivity contribution is 7.18. The van der Waals surface area contributed by atoms with Gasteiger partial charge in [-0.15, -0.1) is 11.3 Å². The van der Waals surface area contributed by atoms with Crippen molar-refractivity contribution in [1.82, 2.24) is 4.57 Å². The van der Waals surface area contributed by atoms with E-state index in [4.69, 9.17) is 0 Å². The van der Waals surface area contributed by atoms with Crippen molar-refractivity contribution >= 4 is 43.2 Å². The molecule has 0 aliphatic rings. The summed E-state index contributed by atoms with van der Waals surface area (Å²) >= 11 is 1.83. The Bertz CT molecular complexity index is 1790. The van der Waals surface area contributed by atoms with Crippen LogP contribution in [0.1, 0.15) is 0 Å². The fourth-order valence-electron chi connectivity index (χ4n) is 5.13. The predicted octanol–water partition coefficient (Wildman–Crippen LogP) is 9.33. The standard InChI is InChI=1S/C32H21NS/c1-3-9-22(10-4-1)25-15-17-26(23-11-5-2-6-12-23)30(21-25)33-28-14-8-7-13-27(28)31-29(33)18-16-24-19-20-34-32(24)31/h1-21H. The van der Waals surface area contributed by atoms with Crippen LogP contribution in [0.15, 0.2) is 127 Å². The van der Waals surface area contributed by atoms with Crippen LogP contribution in [0.5, 0.6) is 0 Å². The first kappa shape index (κ1) is 19.3. The predicted molar refractivity (Wildman–Crippen MR) is 147 cm³/mol. The van der Waals surface area contributed by atoms with Crippen LogP contribution in [0, 0.1) is 0 Å². The summed E-state index contributed by atoms with van der Waals surface area (Å²) in [6.07, 6.45) is 0. The van der Waals surface area contributed by atoms with Crippen LogP contribution in [-0.4, -0.2) is 4.57 Å². The normalized spacial score (nSPS) is 11.5. The van der Waals surface area contributed by atoms with Crippen molar-refractivity contribution in [2.24, 2.45) is 0 Å². The Hall–Kier alpha value is -4.14. The van der Waals surface area contributed by atoms with Crippen molar-refractivity contribution in [2.45, 2.75) is 0 Å². The van der Waals surface area contributed by atoms with E-state index in [-0.39, 0.29) is 0 Å². The minimum absolute atomic E-state index is 1.20. The average Bonchev–Trinajstić information content (AvgIpc) is 3.52. The number of nitrogens with zero attached hydrogens (tertiary/aromatic N) is 1. The summed E-state index contributed by atoms with van der Waals surface area (Å²) in [4.78, 5) is 0. The maximum atomic E-state index is 2.46. The second kappa shape index (κ2) is 7.72. The minimum Gasteiger partial charge on any atom is -0.309 e. The first-order valence-corrected chi connectivity index (χ1v) is 12.4. The van der Waals surface area contributed by atoms with Crippen molar-refractivity contribution in [2.75, 3.05) is 0 Å². The van der Waals surface area contributed by atoms with Gasteiger partial charge in [0.25, 0.3) is 0 Å². The van der Waals surface area contributed by atoms with E-state index in [1.807, 2.05) is 11.3 Å². The lowest BCUT2D eigenvalue weighted by atomic mass is 9.98. The summed E-state index contributed by atoms with van der Waals surface area (Å²) in [6, 6.07) is 43.8. The van der Waals surface area contributed by atoms with Gasteiger partial charge in [-0.3, -0.25) is 0 Å². The summed E-state index contributed by atoms with van der Waals surface area (Å²) in [5, 5.41) is 6.14. The molecule has 1 nitrogen and oxygen atoms in total. The van der Waals surface area contributed by atoms with Crippen molar-refractivity contribution < 1.29 is 0 Å². The minimum atomic E-state index is 1.20. The Morgan fingerprint density at radius 3 is 2.09 bits per heavy atom. The van der Waals surface area contributed by atoms with Crippen LogP contribution in [0.25, 0.3) is 59.8 Å². The topological polar surface area (TPSA) is 4.93 Å². The Labute approximate surface area is 202 Å². The third-order valence-corrected chi connectivity index (χ3v) is 7.63. The van der Waals surface area contributed by atoms with Gasteiger partial charge in [0.15, 0.2) is 0 Å². The molecule has 0 radical (unpaired) electrons. The molecule has 0 saturated heterocycles. The number of hydrogen-bond donors (Lipinski definition) is 0. The third kappa shape index (κ3) is 2.93. The van der Waals surface area contributed by atoms with Gasteiger partial charge >= 0.3 is 0 Å². The van der Waals surface area contributed by atoms with Crippen molar-refractivity contribution in [3.63, 3.8) is 0 Å². The van der Waals surface area contributed by atoms with Crippen molar-refractivity contribution in [3.05, 3.63) is 127 Å². The first-order valence-electron chi connectivity index (χ1n) is 11.5. The van der Waals surface area contributed by atoms with Gasteiger partial charge in [0.1, 0.15) is 0 Å². The molecule has 7 rings (SSSR count). The van der Waals surface area contributed by atoms with Crippen LogP contribution in [0.3, 0.4) is 0 Å². The maximum Gasteiger partial charge on any atom is 0.0556 e. The molecule has 0 bridgehead atoms. The quantitative estimate of drug-likeness (QED) is 0.252. The summed E-state index contributed by atoms with van der Waals surface area (Å²) in [6.45, 7) is 0. The molecule has 0 aliphatic carbocycles. The van der Waals surface area contributed by atoms with Gasteiger partial charge in [-0.25, -0.2) is 0 Å². The fourth-order valence-corrected chi connectivity index (χ4v) is 6.08. The van der Waals surface area contributed by atoms with E-state index in [2.05, 4.69) is 131 Å². The van der Waals surface area contributed by atoms with E-state index in [0.29, 0.717) is 0 Å². The van der Waals surface area contributed by atoms with Crippen LogP contribution in [-0.2, 0) is 0 Å². The molecule has 160 valence electrons. The molecule has 0 fully saturated rings. The van der Waals surface area contributed by atoms with Crippen molar-refractivity contribution in [1.29, 1.82) is 0 Å². The molecule has 2 heterocycles. The zero-order valence-corrected chi connectivity index (χ0v) is 19.3. The molecule has 7 aromatic rings. The Morgan fingerprint density at radius 1 is 0.529 bits per heavy atom. The summed E-state index contributed by atoms with van der Waals surface area (Å²) < 4.78 is 3.81. The summed E-state index contributed by atoms with van der Waals surface area (Å²) in [5.74, 6) is 0. The third-order valence-electron chi connectivity index (χ3n) is 6.69. The summed E-state index contributed by atoms with van der Waals surface area (Å²) in [5.41, 5.74) is 8.59. The highest BCUT2D eigenvalue weighted by atomic mass is 32.1. The van der Waals surface area contributed by atoms with E-state index >= 15 is 0 Å². The van der Waals surface area contributed by atoms with Crippen LogP contribution >= 0.6 is 11.3 Å². The molecule has 0 amide bonds. The molecule has 2 heteroatoms. The second-order valence-electron chi connectivity index (χ2n) is 8.62. The zero-order chi connectivity index (χ0) is 22.5. The number of aromatic nitrogens is 1. The SMILES string of the molecule is c1ccc(-c2ccc(-c3ccccc3)c(-n3c4ccccc4c4c5sccc5ccc43)c2)cc1. The lowest BCUT2D eigenvalue weighted by Gasteiger charge is -2.16. The fraction of sp³-hybridized carbons (Fsp3) is 0. The Balaban J connectivity index is 1.63. The van der Waals surface area contributed by atoms with E-state index in [1.165, 1.54) is 59.8 Å². The molecule has 34 heavy (non-hydrogen) atoms. The van der Waals surface area contributed by atoms with E-state index in [9.17, 15) is 0 Å². The molecule has 0 N–H and O–H groups in total. The Kier molecular flexibility index (Phi) is 4.39. The number of rotatable bonds is 3. The highest BCUT2D eigenvalue weighted by Gasteiger charge is 2.18. The van der Waals surface area contributed by atoms with Crippen LogP contribution in [0.4, 0.5) is 0 Å². The van der Waals surface area contributed by atoms with Gasteiger partial charge in [-0.2, -0.15) is 0 Å². The molecule has 0 aliphatic heterocycles. The molecule has 5 aromatic carbocycles. The van der Waals surface area contributed by atoms with E-state index < -0.39 is 0 Å². The van der Waals surface area contributed by atoms with Crippen LogP contribution in [0.2, 0.25) is 0 Å². The average molecular weight is 452 g/mol. The molecular weight excluding hydrogens is 430 g/mol. The van der Waals surface area contributed by atoms with Gasteiger partial charge in [0.05, 0.1) is 16.7 Å². The van der Waals surface area contributed by atoms with Gasteiger partial charge in [0.2, 0.25) is 0 Å². The first-order chi connectivity index (χ1) is 16.9. The highest BCUT2D eigenvalue weighted by Crippen LogP contribution is 2.41. The van der Waals surface area contributed by atoms with Gasteiger partial charge in [0, 0.05) is 21.0 Å². The molecule has 2 aromatic heterocycles. The number of benzene rings is 5. The smallest absolute Gasteiger partial charge is 0.0556 e. The largest absolute Gasteiger partial charge is 0.309 e. The van der Waals surface area contributed by atoms with E-state index in [1.54, 1.807) is 0 Å². The van der Waals surface area contributed by atoms with E-state index in [0.717, 1.165) is 0 Å². The Morgan fingerprint density at radius 2 is 1.26 bits per heavy atom. The molecular formula is C32H21NS. The van der Waals surface area contributed by atoms with Gasteiger partial charge in [-0.05, 0) is 51.7 Å². The monoisotopic (exact) mass is 451 g/mol. The maximum absolute atomic E-state index is 2.46. The zero-order valence-electron chi connectivity index (χ0n) is 18.5. The van der Waals surface area contributed by atoms with Crippen LogP contribution < -0.4 is 0 Å². The molecule has 0 spiro atoms. The number of fused-ring (bicyclic) bond motifs is 5. The van der Waals surface area contributed by atoms with Gasteiger partial charge < -0.3 is 4.57 Å². The van der Waals surface area contributed by atoms with Crippen molar-refractivity contribution in [3.8, 4) is 27.9 Å². The molecule has 0 unspecified atom stereocenters. The lowest BCUT2D eigenvalue weighted by molar-refractivity contribution is 1.18. The number of para-hydroxylation sites is 1. The molecule has 0 saturated carbocycles.